The number of rotatable bonds is 12. The van der Waals surface area contributed by atoms with E-state index in [4.69, 9.17) is 5.73 Å². The number of H-pyrrole nitrogens is 1. The van der Waals surface area contributed by atoms with Crippen LogP contribution in [0.15, 0.2) is 30.5 Å². The molecular weight excluding hydrogens is 450 g/mol. The molecule has 5 unspecified atom stereocenters. The average Bonchev–Trinajstić information content (AvgIpc) is 3.22. The number of nitrogens with two attached hydrogens (primary N) is 1. The lowest BCUT2D eigenvalue weighted by molar-refractivity contribution is -0.144. The first-order valence-electron chi connectivity index (χ1n) is 11.9. The van der Waals surface area contributed by atoms with E-state index in [2.05, 4.69) is 20.9 Å². The van der Waals surface area contributed by atoms with E-state index in [1.54, 1.807) is 20.8 Å². The molecule has 1 aromatic carbocycles. The third-order valence-electron chi connectivity index (χ3n) is 6.23. The minimum Gasteiger partial charge on any atom is -0.480 e. The van der Waals surface area contributed by atoms with Gasteiger partial charge in [0.2, 0.25) is 17.7 Å². The fourth-order valence-corrected chi connectivity index (χ4v) is 3.76. The molecule has 0 spiro atoms. The lowest BCUT2D eigenvalue weighted by Crippen LogP contribution is -2.58. The van der Waals surface area contributed by atoms with Gasteiger partial charge in [-0.3, -0.25) is 14.4 Å². The van der Waals surface area contributed by atoms with Gasteiger partial charge in [0.25, 0.3) is 0 Å². The van der Waals surface area contributed by atoms with E-state index >= 15 is 0 Å². The molecule has 1 heterocycles. The highest BCUT2D eigenvalue weighted by Gasteiger charge is 2.32. The fourth-order valence-electron chi connectivity index (χ4n) is 3.76. The number of carboxylic acid groups (broad SMARTS) is 1. The van der Waals surface area contributed by atoms with Gasteiger partial charge in [-0.1, -0.05) is 52.3 Å². The first kappa shape index (κ1) is 27.8. The van der Waals surface area contributed by atoms with Crippen molar-refractivity contribution in [1.82, 2.24) is 20.9 Å². The van der Waals surface area contributed by atoms with E-state index in [9.17, 15) is 24.3 Å². The van der Waals surface area contributed by atoms with E-state index in [1.165, 1.54) is 6.92 Å². The van der Waals surface area contributed by atoms with E-state index in [0.717, 1.165) is 16.5 Å². The van der Waals surface area contributed by atoms with Crippen LogP contribution in [0.4, 0.5) is 0 Å². The number of hydrogen-bond acceptors (Lipinski definition) is 5. The first-order chi connectivity index (χ1) is 16.5. The molecule has 0 fully saturated rings. The molecule has 1 aromatic heterocycles. The Labute approximate surface area is 205 Å². The number of amides is 3. The summed E-state index contributed by atoms with van der Waals surface area (Å²) in [7, 11) is 0. The van der Waals surface area contributed by atoms with Gasteiger partial charge >= 0.3 is 5.97 Å². The number of aromatic nitrogens is 1. The second-order valence-electron chi connectivity index (χ2n) is 9.34. The van der Waals surface area contributed by atoms with Gasteiger partial charge in [-0.2, -0.15) is 0 Å². The molecule has 2 rings (SSSR count). The summed E-state index contributed by atoms with van der Waals surface area (Å²) >= 11 is 0. The van der Waals surface area contributed by atoms with Crippen molar-refractivity contribution in [3.63, 3.8) is 0 Å². The maximum Gasteiger partial charge on any atom is 0.326 e. The maximum absolute atomic E-state index is 12.8. The summed E-state index contributed by atoms with van der Waals surface area (Å²) in [5.74, 6) is -3.37. The van der Waals surface area contributed by atoms with Gasteiger partial charge in [-0.15, -0.1) is 0 Å². The lowest BCUT2D eigenvalue weighted by atomic mass is 9.97. The summed E-state index contributed by atoms with van der Waals surface area (Å²) < 4.78 is 0. The summed E-state index contributed by atoms with van der Waals surface area (Å²) in [5.41, 5.74) is 7.93. The number of nitrogens with one attached hydrogen (secondary N) is 4. The second-order valence-corrected chi connectivity index (χ2v) is 9.34. The van der Waals surface area contributed by atoms with Gasteiger partial charge in [0.15, 0.2) is 0 Å². The van der Waals surface area contributed by atoms with Gasteiger partial charge in [0, 0.05) is 17.1 Å². The molecule has 10 nitrogen and oxygen atoms in total. The van der Waals surface area contributed by atoms with E-state index in [-0.39, 0.29) is 18.3 Å². The van der Waals surface area contributed by atoms with Crippen molar-refractivity contribution in [2.45, 2.75) is 71.6 Å². The Morgan fingerprint density at radius 3 is 2.17 bits per heavy atom. The molecule has 10 heteroatoms. The molecule has 3 amide bonds. The summed E-state index contributed by atoms with van der Waals surface area (Å²) in [5, 5.41) is 18.2. The van der Waals surface area contributed by atoms with Crippen molar-refractivity contribution < 1.29 is 24.3 Å². The number of carbonyl (C=O) groups excluding carboxylic acids is 3. The summed E-state index contributed by atoms with van der Waals surface area (Å²) in [6.45, 7) is 8.55. The van der Waals surface area contributed by atoms with Crippen LogP contribution in [0.1, 0.15) is 46.6 Å². The third kappa shape index (κ3) is 7.29. The number of para-hydroxylation sites is 1. The maximum atomic E-state index is 12.8. The number of carboxylic acids is 1. The summed E-state index contributed by atoms with van der Waals surface area (Å²) in [6, 6.07) is 3.83. The molecule has 0 saturated heterocycles. The molecule has 0 saturated carbocycles. The van der Waals surface area contributed by atoms with Crippen molar-refractivity contribution in [3.05, 3.63) is 36.0 Å². The Hall–Kier alpha value is -3.40. The van der Waals surface area contributed by atoms with Crippen LogP contribution in [0.3, 0.4) is 0 Å². The van der Waals surface area contributed by atoms with Crippen LogP contribution in [0.25, 0.3) is 10.9 Å². The van der Waals surface area contributed by atoms with Crippen LogP contribution >= 0.6 is 0 Å². The molecule has 5 atom stereocenters. The highest BCUT2D eigenvalue weighted by molar-refractivity contribution is 5.94. The molecule has 192 valence electrons. The Balaban J connectivity index is 1.98. The molecule has 7 N–H and O–H groups in total. The smallest absolute Gasteiger partial charge is 0.326 e. The van der Waals surface area contributed by atoms with Crippen molar-refractivity contribution in [3.8, 4) is 0 Å². The predicted octanol–water partition coefficient (Wildman–Crippen LogP) is 1.30. The SMILES string of the molecule is CCC(C)C(NC(=O)C(NC(=O)C(C)NC(=O)C(N)Cc1c[nH]c2ccccc12)C(C)C)C(=O)O. The normalized spacial score (nSPS) is 15.6. The molecule has 0 radical (unpaired) electrons. The zero-order valence-corrected chi connectivity index (χ0v) is 20.9. The van der Waals surface area contributed by atoms with Gasteiger partial charge in [-0.25, -0.2) is 4.79 Å². The molecule has 0 bridgehead atoms. The van der Waals surface area contributed by atoms with E-state index in [1.807, 2.05) is 37.4 Å². The standard InChI is InChI=1S/C25H37N5O5/c1-6-14(4)21(25(34)35)30-24(33)20(13(2)3)29-22(31)15(5)28-23(32)18(26)11-16-12-27-19-10-8-7-9-17(16)19/h7-10,12-15,18,20-21,27H,6,11,26H2,1-5H3,(H,28,32)(H,29,31)(H,30,33)(H,34,35). The fraction of sp³-hybridized carbons (Fsp3) is 0.520. The van der Waals surface area contributed by atoms with E-state index in [0.29, 0.717) is 6.42 Å². The van der Waals surface area contributed by atoms with E-state index < -0.39 is 47.9 Å². The largest absolute Gasteiger partial charge is 0.480 e. The van der Waals surface area contributed by atoms with Crippen molar-refractivity contribution >= 4 is 34.6 Å². The molecule has 35 heavy (non-hydrogen) atoms. The Morgan fingerprint density at radius 1 is 0.943 bits per heavy atom. The van der Waals surface area contributed by atoms with Crippen LogP contribution in [-0.4, -0.2) is 57.9 Å². The number of benzene rings is 1. The second kappa shape index (κ2) is 12.3. The zero-order valence-electron chi connectivity index (χ0n) is 20.9. The van der Waals surface area contributed by atoms with Gasteiger partial charge in [0.1, 0.15) is 18.1 Å². The third-order valence-corrected chi connectivity index (χ3v) is 6.23. The topological polar surface area (TPSA) is 166 Å². The zero-order chi connectivity index (χ0) is 26.3. The molecule has 2 aromatic rings. The summed E-state index contributed by atoms with van der Waals surface area (Å²) in [4.78, 5) is 52.9. The van der Waals surface area contributed by atoms with Crippen LogP contribution in [0.5, 0.6) is 0 Å². The first-order valence-corrected chi connectivity index (χ1v) is 11.9. The predicted molar refractivity (Wildman–Crippen MR) is 133 cm³/mol. The number of aromatic amines is 1. The minimum absolute atomic E-state index is 0.281. The number of hydrogen-bond donors (Lipinski definition) is 6. The summed E-state index contributed by atoms with van der Waals surface area (Å²) in [6.07, 6.45) is 2.66. The molecule has 0 aliphatic rings. The van der Waals surface area contributed by atoms with Crippen LogP contribution < -0.4 is 21.7 Å². The average molecular weight is 488 g/mol. The van der Waals surface area contributed by atoms with Crippen LogP contribution in [0.2, 0.25) is 0 Å². The number of carbonyl (C=O) groups is 4. The molecular formula is C25H37N5O5. The van der Waals surface area contributed by atoms with Crippen molar-refractivity contribution in [1.29, 1.82) is 0 Å². The Bertz CT molecular complexity index is 1050. The molecule has 0 aliphatic heterocycles. The van der Waals surface area contributed by atoms with Crippen molar-refractivity contribution in [2.24, 2.45) is 17.6 Å². The van der Waals surface area contributed by atoms with Gasteiger partial charge in [0.05, 0.1) is 6.04 Å². The Morgan fingerprint density at radius 2 is 1.57 bits per heavy atom. The molecule has 0 aliphatic carbocycles. The van der Waals surface area contributed by atoms with Gasteiger partial charge in [-0.05, 0) is 36.8 Å². The highest BCUT2D eigenvalue weighted by Crippen LogP contribution is 2.18. The van der Waals surface area contributed by atoms with Gasteiger partial charge < -0.3 is 31.8 Å². The quantitative estimate of drug-likeness (QED) is 0.264. The van der Waals surface area contributed by atoms with Crippen LogP contribution in [-0.2, 0) is 25.6 Å². The lowest BCUT2D eigenvalue weighted by Gasteiger charge is -2.27. The Kier molecular flexibility index (Phi) is 9.82. The van der Waals surface area contributed by atoms with Crippen LogP contribution in [0, 0.1) is 11.8 Å². The monoisotopic (exact) mass is 487 g/mol. The minimum atomic E-state index is -1.13. The number of fused-ring (bicyclic) bond motifs is 1. The highest BCUT2D eigenvalue weighted by atomic mass is 16.4. The van der Waals surface area contributed by atoms with Crippen molar-refractivity contribution in [2.75, 3.05) is 0 Å². The number of aliphatic carboxylic acids is 1.